The molecule has 0 amide bonds. The molecule has 0 aromatic heterocycles. The number of carboxylic acid groups (broad SMARTS) is 1. The van der Waals surface area contributed by atoms with Crippen LogP contribution >= 0.6 is 0 Å². The minimum atomic E-state index is -0.829. The van der Waals surface area contributed by atoms with E-state index < -0.39 is 5.97 Å². The van der Waals surface area contributed by atoms with Crippen LogP contribution in [0.15, 0.2) is 42.5 Å². The zero-order chi connectivity index (χ0) is 22.5. The SMILES string of the molecule is CC(C)c1cc(C#Cc2ccc(CC(=O)O)cc2)ccc1C(C)(C)O[Si]C(C)(C)C. The zero-order valence-corrected chi connectivity index (χ0v) is 20.1. The summed E-state index contributed by atoms with van der Waals surface area (Å²) in [4.78, 5) is 10.8. The maximum atomic E-state index is 10.8. The van der Waals surface area contributed by atoms with E-state index in [1.165, 1.54) is 11.1 Å². The second kappa shape index (κ2) is 9.64. The minimum absolute atomic E-state index is 0.0283. The van der Waals surface area contributed by atoms with Crippen molar-refractivity contribution in [2.75, 3.05) is 0 Å². The Kier molecular flexibility index (Phi) is 7.68. The first-order chi connectivity index (χ1) is 13.9. The van der Waals surface area contributed by atoms with Crippen LogP contribution in [0.3, 0.4) is 0 Å². The Morgan fingerprint density at radius 3 is 2.10 bits per heavy atom. The van der Waals surface area contributed by atoms with Crippen LogP contribution in [0.2, 0.25) is 5.04 Å². The van der Waals surface area contributed by atoms with Gasteiger partial charge in [-0.25, -0.2) is 0 Å². The van der Waals surface area contributed by atoms with E-state index in [1.807, 2.05) is 24.3 Å². The Morgan fingerprint density at radius 1 is 1.00 bits per heavy atom. The summed E-state index contributed by atoms with van der Waals surface area (Å²) in [6, 6.07) is 13.7. The lowest BCUT2D eigenvalue weighted by Crippen LogP contribution is -2.29. The highest BCUT2D eigenvalue weighted by molar-refractivity contribution is 6.31. The highest BCUT2D eigenvalue weighted by Crippen LogP contribution is 2.34. The molecule has 30 heavy (non-hydrogen) atoms. The van der Waals surface area contributed by atoms with Crippen LogP contribution in [0.1, 0.15) is 82.2 Å². The van der Waals surface area contributed by atoms with E-state index in [0.717, 1.165) is 16.7 Å². The van der Waals surface area contributed by atoms with Gasteiger partial charge in [0.2, 0.25) is 9.76 Å². The van der Waals surface area contributed by atoms with E-state index in [1.54, 1.807) is 0 Å². The predicted octanol–water partition coefficient (Wildman–Crippen LogP) is 5.93. The van der Waals surface area contributed by atoms with Crippen LogP contribution in [-0.2, 0) is 21.2 Å². The van der Waals surface area contributed by atoms with Crippen molar-refractivity contribution in [3.05, 3.63) is 70.3 Å². The molecule has 2 aromatic rings. The van der Waals surface area contributed by atoms with Crippen molar-refractivity contribution in [3.63, 3.8) is 0 Å². The molecule has 0 heterocycles. The standard InChI is InChI=1S/C26H32O3Si/c1-18(2)22-16-20(11-8-19-9-12-21(13-10-19)17-24(27)28)14-15-23(22)26(6,7)29-30-25(3,4)5/h9-10,12-16,18H,17H2,1-7H3,(H,27,28). The average molecular weight is 421 g/mol. The number of carboxylic acids is 1. The third kappa shape index (κ3) is 7.16. The van der Waals surface area contributed by atoms with Crippen LogP contribution in [0.4, 0.5) is 0 Å². The summed E-state index contributed by atoms with van der Waals surface area (Å²) in [6.07, 6.45) is 0.0283. The first-order valence-corrected chi connectivity index (χ1v) is 11.2. The van der Waals surface area contributed by atoms with E-state index in [2.05, 4.69) is 78.5 Å². The molecule has 0 fully saturated rings. The maximum absolute atomic E-state index is 10.8. The Morgan fingerprint density at radius 2 is 1.57 bits per heavy atom. The number of hydrogen-bond acceptors (Lipinski definition) is 2. The van der Waals surface area contributed by atoms with Gasteiger partial charge < -0.3 is 9.53 Å². The summed E-state index contributed by atoms with van der Waals surface area (Å²) in [5, 5.41) is 9.01. The van der Waals surface area contributed by atoms with E-state index in [9.17, 15) is 4.79 Å². The van der Waals surface area contributed by atoms with Gasteiger partial charge in [0.05, 0.1) is 12.0 Å². The topological polar surface area (TPSA) is 46.5 Å². The third-order valence-corrected chi connectivity index (χ3v) is 5.82. The number of benzene rings is 2. The molecule has 0 aliphatic rings. The van der Waals surface area contributed by atoms with Gasteiger partial charge in [0.1, 0.15) is 0 Å². The second-order valence-corrected chi connectivity index (χ2v) is 11.3. The minimum Gasteiger partial charge on any atom is -0.481 e. The highest BCUT2D eigenvalue weighted by Gasteiger charge is 2.28. The predicted molar refractivity (Wildman–Crippen MR) is 124 cm³/mol. The molecule has 2 rings (SSSR count). The molecule has 0 atom stereocenters. The Balaban J connectivity index is 2.27. The first kappa shape index (κ1) is 23.9. The number of hydrogen-bond donors (Lipinski definition) is 1. The molecule has 0 aliphatic carbocycles. The monoisotopic (exact) mass is 420 g/mol. The van der Waals surface area contributed by atoms with Gasteiger partial charge >= 0.3 is 5.97 Å². The van der Waals surface area contributed by atoms with Crippen LogP contribution in [0.25, 0.3) is 0 Å². The van der Waals surface area contributed by atoms with Crippen LogP contribution < -0.4 is 0 Å². The second-order valence-electron chi connectivity index (χ2n) is 9.44. The lowest BCUT2D eigenvalue weighted by atomic mass is 9.87. The molecule has 4 heteroatoms. The summed E-state index contributed by atoms with van der Waals surface area (Å²) in [5.41, 5.74) is 4.70. The lowest BCUT2D eigenvalue weighted by Gasteiger charge is -2.32. The molecule has 0 unspecified atom stereocenters. The molecule has 0 bridgehead atoms. The molecular weight excluding hydrogens is 388 g/mol. The molecule has 2 radical (unpaired) electrons. The fourth-order valence-electron chi connectivity index (χ4n) is 3.03. The Hall–Kier alpha value is -2.35. The lowest BCUT2D eigenvalue weighted by molar-refractivity contribution is -0.136. The molecule has 158 valence electrons. The van der Waals surface area contributed by atoms with Crippen molar-refractivity contribution < 1.29 is 14.3 Å². The molecule has 3 nitrogen and oxygen atoms in total. The quantitative estimate of drug-likeness (QED) is 0.466. The van der Waals surface area contributed by atoms with E-state index in [4.69, 9.17) is 9.53 Å². The van der Waals surface area contributed by atoms with Gasteiger partial charge in [-0.3, -0.25) is 4.79 Å². The van der Waals surface area contributed by atoms with Gasteiger partial charge in [-0.05, 0) is 65.8 Å². The van der Waals surface area contributed by atoms with Gasteiger partial charge in [0, 0.05) is 11.1 Å². The zero-order valence-electron chi connectivity index (χ0n) is 19.1. The average Bonchev–Trinajstić information content (AvgIpc) is 2.65. The normalized spacial score (nSPS) is 11.9. The Bertz CT molecular complexity index is 939. The first-order valence-electron chi connectivity index (χ1n) is 10.3. The van der Waals surface area contributed by atoms with Gasteiger partial charge in [-0.15, -0.1) is 0 Å². The molecule has 1 N–H and O–H groups in total. The van der Waals surface area contributed by atoms with Crippen molar-refractivity contribution in [1.29, 1.82) is 0 Å². The highest BCUT2D eigenvalue weighted by atomic mass is 28.2. The summed E-state index contributed by atoms with van der Waals surface area (Å²) in [6.45, 7) is 15.2. The van der Waals surface area contributed by atoms with Gasteiger partial charge in [-0.1, -0.05) is 64.7 Å². The number of aliphatic carboxylic acids is 1. The largest absolute Gasteiger partial charge is 0.481 e. The molecule has 0 saturated carbocycles. The van der Waals surface area contributed by atoms with Gasteiger partial charge in [0.25, 0.3) is 0 Å². The molecule has 0 spiro atoms. The van der Waals surface area contributed by atoms with Crippen molar-refractivity contribution in [2.45, 2.75) is 71.4 Å². The third-order valence-electron chi connectivity index (χ3n) is 4.60. The van der Waals surface area contributed by atoms with E-state index in [-0.39, 0.29) is 17.1 Å². The van der Waals surface area contributed by atoms with Crippen LogP contribution in [-0.4, -0.2) is 20.8 Å². The van der Waals surface area contributed by atoms with Crippen molar-refractivity contribution in [1.82, 2.24) is 0 Å². The van der Waals surface area contributed by atoms with Crippen LogP contribution in [0.5, 0.6) is 0 Å². The van der Waals surface area contributed by atoms with Gasteiger partial charge in [-0.2, -0.15) is 0 Å². The van der Waals surface area contributed by atoms with Crippen molar-refractivity contribution in [3.8, 4) is 11.8 Å². The van der Waals surface area contributed by atoms with E-state index in [0.29, 0.717) is 15.7 Å². The fraction of sp³-hybridized carbons (Fsp3) is 0.423. The smallest absolute Gasteiger partial charge is 0.307 e. The summed E-state index contributed by atoms with van der Waals surface area (Å²) in [5.74, 6) is 5.96. The summed E-state index contributed by atoms with van der Waals surface area (Å²) in [7, 11) is 0.419. The fourth-order valence-corrected chi connectivity index (χ4v) is 3.70. The molecular formula is C26H32O3Si. The van der Waals surface area contributed by atoms with E-state index >= 15 is 0 Å². The Labute approximate surface area is 183 Å². The number of carbonyl (C=O) groups is 1. The summed E-state index contributed by atoms with van der Waals surface area (Å²) >= 11 is 0. The molecule has 2 aromatic carbocycles. The van der Waals surface area contributed by atoms with Crippen molar-refractivity contribution in [2.24, 2.45) is 0 Å². The molecule has 0 aliphatic heterocycles. The van der Waals surface area contributed by atoms with Crippen LogP contribution in [0, 0.1) is 11.8 Å². The number of rotatable bonds is 6. The maximum Gasteiger partial charge on any atom is 0.307 e. The van der Waals surface area contributed by atoms with Crippen molar-refractivity contribution >= 4 is 15.7 Å². The molecule has 0 saturated heterocycles. The van der Waals surface area contributed by atoms with Gasteiger partial charge in [0.15, 0.2) is 0 Å². The summed E-state index contributed by atoms with van der Waals surface area (Å²) < 4.78 is 6.33.